The third kappa shape index (κ3) is 3.59. The lowest BCUT2D eigenvalue weighted by Gasteiger charge is -2.14. The summed E-state index contributed by atoms with van der Waals surface area (Å²) in [5, 5.41) is 0. The Labute approximate surface area is 92.6 Å². The maximum atomic E-state index is 3.99. The second-order valence-corrected chi connectivity index (χ2v) is 3.49. The van der Waals surface area contributed by atoms with Crippen LogP contribution < -0.4 is 0 Å². The van der Waals surface area contributed by atoms with Crippen molar-refractivity contribution in [2.45, 2.75) is 12.8 Å². The zero-order valence-electron chi connectivity index (χ0n) is 9.08. The highest BCUT2D eigenvalue weighted by atomic mass is 14.1. The average Bonchev–Trinajstić information content (AvgIpc) is 2.29. The maximum absolute atomic E-state index is 3.99. The van der Waals surface area contributed by atoms with Crippen molar-refractivity contribution in [3.8, 4) is 0 Å². The van der Waals surface area contributed by atoms with E-state index in [0.717, 1.165) is 18.4 Å². The first kappa shape index (κ1) is 11.5. The van der Waals surface area contributed by atoms with Crippen molar-refractivity contribution in [1.29, 1.82) is 0 Å². The molecule has 0 amide bonds. The van der Waals surface area contributed by atoms with Crippen LogP contribution in [0.4, 0.5) is 0 Å². The fraction of sp³-hybridized carbons (Fsp3) is 0.133. The topological polar surface area (TPSA) is 0 Å². The van der Waals surface area contributed by atoms with E-state index < -0.39 is 0 Å². The standard InChI is InChI=1S/C15H17/c1-4-9-15(13(3)5-2)12-14-10-7-6-8-11-14/h4-8,10-11H,1-3,9,12H2. The summed E-state index contributed by atoms with van der Waals surface area (Å²) in [6, 6.07) is 10.4. The van der Waals surface area contributed by atoms with Crippen molar-refractivity contribution < 1.29 is 0 Å². The molecular weight excluding hydrogens is 180 g/mol. The molecule has 0 bridgehead atoms. The van der Waals surface area contributed by atoms with Crippen LogP contribution in [0.15, 0.2) is 67.8 Å². The summed E-state index contributed by atoms with van der Waals surface area (Å²) in [4.78, 5) is 0. The minimum Gasteiger partial charge on any atom is -0.103 e. The van der Waals surface area contributed by atoms with Crippen molar-refractivity contribution >= 4 is 0 Å². The van der Waals surface area contributed by atoms with Gasteiger partial charge in [-0.1, -0.05) is 55.6 Å². The maximum Gasteiger partial charge on any atom is 0.0124 e. The van der Waals surface area contributed by atoms with E-state index in [-0.39, 0.29) is 0 Å². The third-order valence-corrected chi connectivity index (χ3v) is 2.35. The molecule has 0 aliphatic heterocycles. The first-order chi connectivity index (χ1) is 7.27. The van der Waals surface area contributed by atoms with Gasteiger partial charge in [0.15, 0.2) is 0 Å². The summed E-state index contributed by atoms with van der Waals surface area (Å²) in [5.74, 6) is 1.28. The van der Waals surface area contributed by atoms with Gasteiger partial charge in [0.2, 0.25) is 0 Å². The fourth-order valence-corrected chi connectivity index (χ4v) is 1.48. The molecule has 0 aromatic heterocycles. The molecule has 0 heterocycles. The zero-order valence-corrected chi connectivity index (χ0v) is 9.08. The van der Waals surface area contributed by atoms with Crippen molar-refractivity contribution in [3.05, 3.63) is 79.3 Å². The van der Waals surface area contributed by atoms with Gasteiger partial charge in [0, 0.05) is 5.92 Å². The van der Waals surface area contributed by atoms with Crippen LogP contribution in [0.25, 0.3) is 0 Å². The smallest absolute Gasteiger partial charge is 0.0124 e. The van der Waals surface area contributed by atoms with E-state index in [1.165, 1.54) is 11.5 Å². The fourth-order valence-electron chi connectivity index (χ4n) is 1.48. The lowest BCUT2D eigenvalue weighted by atomic mass is 9.90. The largest absolute Gasteiger partial charge is 0.103 e. The summed E-state index contributed by atoms with van der Waals surface area (Å²) >= 11 is 0. The Bertz CT molecular complexity index is 332. The molecule has 0 spiro atoms. The van der Waals surface area contributed by atoms with Crippen LogP contribution in [0.3, 0.4) is 0 Å². The molecular formula is C15H17. The minimum atomic E-state index is 0.875. The Hall–Kier alpha value is -1.56. The quantitative estimate of drug-likeness (QED) is 0.475. The predicted molar refractivity (Wildman–Crippen MR) is 67.5 cm³/mol. The van der Waals surface area contributed by atoms with Crippen molar-refractivity contribution in [1.82, 2.24) is 0 Å². The molecule has 77 valence electrons. The van der Waals surface area contributed by atoms with Crippen LogP contribution in [0.5, 0.6) is 0 Å². The highest BCUT2D eigenvalue weighted by molar-refractivity contribution is 5.35. The molecule has 1 aromatic carbocycles. The van der Waals surface area contributed by atoms with Crippen molar-refractivity contribution in [2.24, 2.45) is 0 Å². The summed E-state index contributed by atoms with van der Waals surface area (Å²) < 4.78 is 0. The number of benzene rings is 1. The summed E-state index contributed by atoms with van der Waals surface area (Å²) in [7, 11) is 0. The Morgan fingerprint density at radius 3 is 2.33 bits per heavy atom. The van der Waals surface area contributed by atoms with Crippen LogP contribution in [-0.2, 0) is 6.42 Å². The molecule has 0 aliphatic rings. The van der Waals surface area contributed by atoms with Crippen LogP contribution in [-0.4, -0.2) is 0 Å². The normalized spacial score (nSPS) is 9.93. The van der Waals surface area contributed by atoms with Crippen LogP contribution in [0.1, 0.15) is 12.0 Å². The Morgan fingerprint density at radius 2 is 1.80 bits per heavy atom. The van der Waals surface area contributed by atoms with E-state index in [1.807, 2.05) is 18.2 Å². The van der Waals surface area contributed by atoms with Gasteiger partial charge in [-0.15, -0.1) is 6.58 Å². The van der Waals surface area contributed by atoms with Gasteiger partial charge >= 0.3 is 0 Å². The second-order valence-electron chi connectivity index (χ2n) is 3.49. The number of allylic oxidation sites excluding steroid dienone is 3. The van der Waals surface area contributed by atoms with E-state index in [1.54, 1.807) is 0 Å². The second kappa shape index (κ2) is 6.02. The van der Waals surface area contributed by atoms with E-state index in [2.05, 4.69) is 44.0 Å². The Kier molecular flexibility index (Phi) is 4.62. The van der Waals surface area contributed by atoms with Crippen LogP contribution in [0, 0.1) is 5.92 Å². The van der Waals surface area contributed by atoms with Gasteiger partial charge < -0.3 is 0 Å². The lowest BCUT2D eigenvalue weighted by molar-refractivity contribution is 0.925. The monoisotopic (exact) mass is 197 g/mol. The van der Waals surface area contributed by atoms with E-state index in [0.29, 0.717) is 0 Å². The molecule has 0 atom stereocenters. The average molecular weight is 197 g/mol. The molecule has 15 heavy (non-hydrogen) atoms. The highest BCUT2D eigenvalue weighted by Gasteiger charge is 2.10. The summed E-state index contributed by atoms with van der Waals surface area (Å²) in [6.45, 7) is 11.5. The first-order valence-electron chi connectivity index (χ1n) is 5.09. The third-order valence-electron chi connectivity index (χ3n) is 2.35. The SMILES string of the molecule is C=CC[C](Cc1ccccc1)C(=C)C=C. The van der Waals surface area contributed by atoms with Crippen LogP contribution in [0.2, 0.25) is 0 Å². The molecule has 0 N–H and O–H groups in total. The van der Waals surface area contributed by atoms with Gasteiger partial charge in [0.1, 0.15) is 0 Å². The zero-order chi connectivity index (χ0) is 11.1. The van der Waals surface area contributed by atoms with Gasteiger partial charge in [-0.25, -0.2) is 0 Å². The van der Waals surface area contributed by atoms with Crippen molar-refractivity contribution in [2.75, 3.05) is 0 Å². The van der Waals surface area contributed by atoms with Gasteiger partial charge in [-0.3, -0.25) is 0 Å². The molecule has 0 saturated carbocycles. The molecule has 0 nitrogen and oxygen atoms in total. The van der Waals surface area contributed by atoms with Gasteiger partial charge in [0.25, 0.3) is 0 Å². The molecule has 0 fully saturated rings. The number of hydrogen-bond donors (Lipinski definition) is 0. The molecule has 1 rings (SSSR count). The number of hydrogen-bond acceptors (Lipinski definition) is 0. The predicted octanol–water partition coefficient (Wildman–Crippen LogP) is 4.12. The minimum absolute atomic E-state index is 0.875. The van der Waals surface area contributed by atoms with E-state index >= 15 is 0 Å². The molecule has 0 saturated heterocycles. The van der Waals surface area contributed by atoms with E-state index in [4.69, 9.17) is 0 Å². The van der Waals surface area contributed by atoms with Crippen LogP contribution >= 0.6 is 0 Å². The number of rotatable bonds is 6. The molecule has 1 radical (unpaired) electrons. The lowest BCUT2D eigenvalue weighted by Crippen LogP contribution is -2.02. The molecule has 1 aromatic rings. The first-order valence-corrected chi connectivity index (χ1v) is 5.09. The molecule has 0 unspecified atom stereocenters. The van der Waals surface area contributed by atoms with E-state index in [9.17, 15) is 0 Å². The summed E-state index contributed by atoms with van der Waals surface area (Å²) in [6.07, 6.45) is 5.52. The van der Waals surface area contributed by atoms with Gasteiger partial charge in [0.05, 0.1) is 0 Å². The Morgan fingerprint density at radius 1 is 1.13 bits per heavy atom. The highest BCUT2D eigenvalue weighted by Crippen LogP contribution is 2.22. The molecule has 0 heteroatoms. The molecule has 0 aliphatic carbocycles. The van der Waals surface area contributed by atoms with Gasteiger partial charge in [-0.2, -0.15) is 0 Å². The van der Waals surface area contributed by atoms with Crippen molar-refractivity contribution in [3.63, 3.8) is 0 Å². The summed E-state index contributed by atoms with van der Waals surface area (Å²) in [5.41, 5.74) is 2.32. The Balaban J connectivity index is 2.70. The van der Waals surface area contributed by atoms with Gasteiger partial charge in [-0.05, 0) is 24.0 Å².